The van der Waals surface area contributed by atoms with Crippen LogP contribution in [0.2, 0.25) is 0 Å². The maximum Gasteiger partial charge on any atom is 0.228 e. The van der Waals surface area contributed by atoms with E-state index in [-0.39, 0.29) is 5.91 Å². The fourth-order valence-corrected chi connectivity index (χ4v) is 0.482. The second kappa shape index (κ2) is 0.942. The molecule has 0 bridgehead atoms. The van der Waals surface area contributed by atoms with Crippen molar-refractivity contribution in [3.8, 4) is 0 Å². The van der Waals surface area contributed by atoms with Crippen molar-refractivity contribution in [3.63, 3.8) is 0 Å². The molecule has 1 amide bonds. The molecular weight excluding hydrogens is 85.0 g/mol. The maximum absolute atomic E-state index is 9.80. The third kappa shape index (κ3) is 0.404. The number of carbonyl (C=O) groups is 1. The Morgan fingerprint density at radius 1 is 2.00 bits per heavy atom. The van der Waals surface area contributed by atoms with E-state index in [0.717, 1.165) is 6.16 Å². The quantitative estimate of drug-likeness (QED) is 0.406. The van der Waals surface area contributed by atoms with Gasteiger partial charge in [-0.05, 0) is 8.73 Å². The predicted octanol–water partition coefficient (Wildman–Crippen LogP) is -0.290. The van der Waals surface area contributed by atoms with Gasteiger partial charge in [0.2, 0.25) is 5.91 Å². The van der Waals surface area contributed by atoms with Gasteiger partial charge in [0.15, 0.2) is 0 Å². The molecule has 1 aliphatic heterocycles. The number of hydrogen-bond donors (Lipinski definition) is 1. The molecule has 1 rings (SSSR count). The molecule has 0 aromatic rings. The van der Waals surface area contributed by atoms with Crippen molar-refractivity contribution in [2.45, 2.75) is 0 Å². The first-order valence-electron chi connectivity index (χ1n) is 1.41. The van der Waals surface area contributed by atoms with E-state index < -0.39 is 0 Å². The number of amides is 1. The first kappa shape index (κ1) is 3.10. The van der Waals surface area contributed by atoms with Crippen LogP contribution in [0.15, 0.2) is 0 Å². The van der Waals surface area contributed by atoms with Crippen LogP contribution in [0.1, 0.15) is 0 Å². The molecule has 3 heteroatoms. The minimum atomic E-state index is 0.198. The minimum absolute atomic E-state index is 0.198. The fourth-order valence-electron chi connectivity index (χ4n) is 0.161. The fraction of sp³-hybridized carbons (Fsp3) is 0.500. The van der Waals surface area contributed by atoms with Gasteiger partial charge in [-0.3, -0.25) is 4.79 Å². The van der Waals surface area contributed by atoms with E-state index in [9.17, 15) is 4.79 Å². The molecule has 1 atom stereocenters. The van der Waals surface area contributed by atoms with E-state index in [2.05, 4.69) is 5.09 Å². The molecule has 0 aliphatic carbocycles. The molecule has 1 unspecified atom stereocenters. The Morgan fingerprint density at radius 2 is 2.40 bits per heavy atom. The molecule has 0 saturated carbocycles. The third-order valence-electron chi connectivity index (χ3n) is 0.477. The predicted molar refractivity (Wildman–Crippen MR) is 21.3 cm³/mol. The van der Waals surface area contributed by atoms with Crippen LogP contribution in [0, 0.1) is 0 Å². The number of hydrogen-bond acceptors (Lipinski definition) is 1. The molecule has 1 fully saturated rings. The molecule has 1 N–H and O–H groups in total. The van der Waals surface area contributed by atoms with Crippen molar-refractivity contribution in [3.05, 3.63) is 0 Å². The summed E-state index contributed by atoms with van der Waals surface area (Å²) < 4.78 is 0. The molecule has 0 radical (unpaired) electrons. The summed E-state index contributed by atoms with van der Waals surface area (Å²) in [6.45, 7) is 0. The van der Waals surface area contributed by atoms with Gasteiger partial charge in [-0.1, -0.05) is 0 Å². The lowest BCUT2D eigenvalue weighted by Crippen LogP contribution is -2.27. The zero-order valence-corrected chi connectivity index (χ0v) is 3.62. The molecule has 5 heavy (non-hydrogen) atoms. The van der Waals surface area contributed by atoms with Gasteiger partial charge in [0, 0.05) is 0 Å². The van der Waals surface area contributed by atoms with Crippen LogP contribution in [0.25, 0.3) is 0 Å². The Labute approximate surface area is 31.8 Å². The third-order valence-corrected chi connectivity index (χ3v) is 1.43. The van der Waals surface area contributed by atoms with Gasteiger partial charge in [-0.25, -0.2) is 0 Å². The Hall–Kier alpha value is -0.100. The van der Waals surface area contributed by atoms with Gasteiger partial charge < -0.3 is 5.09 Å². The molecule has 1 heterocycles. The van der Waals surface area contributed by atoms with Gasteiger partial charge in [-0.2, -0.15) is 0 Å². The summed E-state index contributed by atoms with van der Waals surface area (Å²) in [6.07, 6.45) is 0.764. The van der Waals surface area contributed by atoms with Gasteiger partial charge >= 0.3 is 0 Å². The van der Waals surface area contributed by atoms with Crippen molar-refractivity contribution >= 4 is 14.6 Å². The summed E-state index contributed by atoms with van der Waals surface area (Å²) in [6, 6.07) is 0. The number of nitrogens with one attached hydrogen (secondary N) is 1. The minimum Gasteiger partial charge on any atom is -0.337 e. The van der Waals surface area contributed by atoms with Crippen molar-refractivity contribution < 1.29 is 4.79 Å². The molecule has 28 valence electrons. The first-order chi connectivity index (χ1) is 2.39. The molecule has 1 aliphatic rings. The summed E-state index contributed by atoms with van der Waals surface area (Å²) in [4.78, 5) is 9.80. The van der Waals surface area contributed by atoms with Crippen LogP contribution in [0.4, 0.5) is 0 Å². The van der Waals surface area contributed by atoms with Crippen molar-refractivity contribution in [1.82, 2.24) is 5.09 Å². The van der Waals surface area contributed by atoms with Crippen molar-refractivity contribution in [1.29, 1.82) is 0 Å². The summed E-state index contributed by atoms with van der Waals surface area (Å²) >= 11 is 0. The Morgan fingerprint density at radius 3 is 2.40 bits per heavy atom. The summed E-state index contributed by atoms with van der Waals surface area (Å²) in [7, 11) is 0.702. The molecular formula is C2H4NOP. The van der Waals surface area contributed by atoms with Gasteiger partial charge in [-0.15, -0.1) is 0 Å². The average molecular weight is 89.0 g/mol. The molecule has 2 nitrogen and oxygen atoms in total. The van der Waals surface area contributed by atoms with Crippen molar-refractivity contribution in [2.24, 2.45) is 0 Å². The summed E-state index contributed by atoms with van der Waals surface area (Å²) in [5.74, 6) is 0.198. The number of rotatable bonds is 0. The lowest BCUT2D eigenvalue weighted by Gasteiger charge is -2.09. The SMILES string of the molecule is O=C1CPN1. The van der Waals surface area contributed by atoms with Crippen LogP contribution in [0.5, 0.6) is 0 Å². The highest BCUT2D eigenvalue weighted by Gasteiger charge is 2.07. The average Bonchev–Trinajstić information content (AvgIpc) is 1.30. The maximum atomic E-state index is 9.80. The van der Waals surface area contributed by atoms with E-state index in [1.165, 1.54) is 0 Å². The van der Waals surface area contributed by atoms with E-state index >= 15 is 0 Å². The van der Waals surface area contributed by atoms with E-state index in [0.29, 0.717) is 8.73 Å². The normalized spacial score (nSPS) is 25.2. The highest BCUT2D eigenvalue weighted by Crippen LogP contribution is 2.11. The topological polar surface area (TPSA) is 29.1 Å². The second-order valence-corrected chi connectivity index (χ2v) is 1.86. The molecule has 0 spiro atoms. The van der Waals surface area contributed by atoms with Gasteiger partial charge in [0.25, 0.3) is 0 Å². The van der Waals surface area contributed by atoms with Crippen LogP contribution in [0.3, 0.4) is 0 Å². The Bertz CT molecular complexity index is 56.7. The Kier molecular flexibility index (Phi) is 0.585. The van der Waals surface area contributed by atoms with Gasteiger partial charge in [0.05, 0.1) is 6.16 Å². The smallest absolute Gasteiger partial charge is 0.228 e. The highest BCUT2D eigenvalue weighted by atomic mass is 31.1. The van der Waals surface area contributed by atoms with Crippen LogP contribution in [-0.2, 0) is 4.79 Å². The Balaban J connectivity index is 2.32. The van der Waals surface area contributed by atoms with E-state index in [1.807, 2.05) is 0 Å². The zero-order chi connectivity index (χ0) is 3.70. The number of carbonyl (C=O) groups excluding carboxylic acids is 1. The monoisotopic (exact) mass is 89.0 g/mol. The van der Waals surface area contributed by atoms with E-state index in [4.69, 9.17) is 0 Å². The highest BCUT2D eigenvalue weighted by molar-refractivity contribution is 7.41. The van der Waals surface area contributed by atoms with Crippen LogP contribution < -0.4 is 5.09 Å². The first-order valence-corrected chi connectivity index (χ1v) is 2.62. The second-order valence-electron chi connectivity index (χ2n) is 0.902. The van der Waals surface area contributed by atoms with E-state index in [1.54, 1.807) is 0 Å². The summed E-state index contributed by atoms with van der Waals surface area (Å²) in [5, 5.41) is 2.60. The molecule has 0 aromatic heterocycles. The van der Waals surface area contributed by atoms with Crippen LogP contribution >= 0.6 is 8.73 Å². The largest absolute Gasteiger partial charge is 0.337 e. The van der Waals surface area contributed by atoms with Crippen LogP contribution in [-0.4, -0.2) is 12.1 Å². The zero-order valence-electron chi connectivity index (χ0n) is 2.62. The molecule has 1 saturated heterocycles. The molecule has 0 aromatic carbocycles. The summed E-state index contributed by atoms with van der Waals surface area (Å²) in [5.41, 5.74) is 0. The lowest BCUT2D eigenvalue weighted by atomic mass is 10.8. The lowest BCUT2D eigenvalue weighted by molar-refractivity contribution is -0.118. The van der Waals surface area contributed by atoms with Crippen molar-refractivity contribution in [2.75, 3.05) is 6.16 Å². The van der Waals surface area contributed by atoms with Gasteiger partial charge in [0.1, 0.15) is 0 Å². The standard InChI is InChI=1S/C2H4NOP/c4-2-1-5-3-2/h5H,1H2,(H,3,4).